The van der Waals surface area contributed by atoms with Gasteiger partial charge in [0.1, 0.15) is 11.7 Å². The van der Waals surface area contributed by atoms with Crippen LogP contribution in [0, 0.1) is 6.92 Å². The number of aromatic nitrogens is 1. The van der Waals surface area contributed by atoms with Crippen LogP contribution in [-0.4, -0.2) is 14.1 Å². The second-order valence-electron chi connectivity index (χ2n) is 4.80. The Morgan fingerprint density at radius 2 is 1.87 bits per heavy atom. The fourth-order valence-electron chi connectivity index (χ4n) is 2.02. The van der Waals surface area contributed by atoms with E-state index >= 15 is 0 Å². The first kappa shape index (κ1) is 21.3. The second kappa shape index (κ2) is 11.8. The van der Waals surface area contributed by atoms with Gasteiger partial charge in [0.2, 0.25) is 5.52 Å². The maximum atomic E-state index is 3.79. The van der Waals surface area contributed by atoms with Gasteiger partial charge in [0.25, 0.3) is 5.01 Å². The van der Waals surface area contributed by atoms with E-state index in [1.165, 1.54) is 26.4 Å². The van der Waals surface area contributed by atoms with E-state index < -0.39 is 0 Å². The van der Waals surface area contributed by atoms with Crippen LogP contribution in [0.15, 0.2) is 49.1 Å². The minimum absolute atomic E-state index is 1.20. The van der Waals surface area contributed by atoms with E-state index in [0.717, 1.165) is 0 Å². The maximum Gasteiger partial charge on any atom is 0.269 e. The third-order valence-electron chi connectivity index (χ3n) is 2.88. The Morgan fingerprint density at radius 1 is 1.26 bits per heavy atom. The van der Waals surface area contributed by atoms with Gasteiger partial charge < -0.3 is 5.32 Å². The van der Waals surface area contributed by atoms with Crippen molar-refractivity contribution in [3.8, 4) is 0 Å². The molecule has 0 spiro atoms. The molecule has 3 heteroatoms. The van der Waals surface area contributed by atoms with Crippen LogP contribution in [0.3, 0.4) is 0 Å². The van der Waals surface area contributed by atoms with Crippen LogP contribution in [0.2, 0.25) is 0 Å². The molecule has 0 bridgehead atoms. The standard InChI is InChI=1S/C16H18NS.C2H7N.C2H6/c1-5-7-13(8-6-2)16-17(4)14-10-9-12(3)11-15(14)18-16;1-3-2;1-2/h5-11H,1H2,2-4H3;3H,1-2H3;1-2H3/q+1;;/b8-6-,13-7+;;. The van der Waals surface area contributed by atoms with Crippen molar-refractivity contribution in [1.29, 1.82) is 0 Å². The molecule has 126 valence electrons. The maximum absolute atomic E-state index is 3.79. The molecule has 0 radical (unpaired) electrons. The molecule has 0 atom stereocenters. The van der Waals surface area contributed by atoms with E-state index in [0.29, 0.717) is 0 Å². The molecule has 0 unspecified atom stereocenters. The number of thiazole rings is 1. The molecule has 2 aromatic rings. The molecule has 0 saturated heterocycles. The highest BCUT2D eigenvalue weighted by atomic mass is 32.1. The lowest BCUT2D eigenvalue weighted by atomic mass is 10.2. The van der Waals surface area contributed by atoms with Gasteiger partial charge >= 0.3 is 0 Å². The number of rotatable bonds is 3. The SMILES string of the molecule is C=C/C=C(\C=C/C)c1sc2cc(C)ccc2[n+]1C.CC.CNC. The first-order chi connectivity index (χ1) is 11.1. The minimum atomic E-state index is 1.20. The van der Waals surface area contributed by atoms with Gasteiger partial charge in [-0.25, -0.2) is 0 Å². The lowest BCUT2D eigenvalue weighted by Gasteiger charge is -1.93. The quantitative estimate of drug-likeness (QED) is 0.615. The number of aryl methyl sites for hydroxylation is 2. The van der Waals surface area contributed by atoms with Gasteiger partial charge in [-0.2, -0.15) is 4.57 Å². The zero-order chi connectivity index (χ0) is 17.8. The summed E-state index contributed by atoms with van der Waals surface area (Å²) in [5.41, 5.74) is 3.78. The van der Waals surface area contributed by atoms with E-state index in [1.54, 1.807) is 0 Å². The zero-order valence-corrected chi connectivity index (χ0v) is 16.4. The monoisotopic (exact) mass is 331 g/mol. The third kappa shape index (κ3) is 6.12. The van der Waals surface area contributed by atoms with Crippen LogP contribution >= 0.6 is 11.3 Å². The summed E-state index contributed by atoms with van der Waals surface area (Å²) in [4.78, 5) is 0. The van der Waals surface area contributed by atoms with E-state index in [4.69, 9.17) is 0 Å². The first-order valence-electron chi connectivity index (χ1n) is 8.02. The largest absolute Gasteiger partial charge is 0.323 e. The molecule has 2 rings (SSSR count). The summed E-state index contributed by atoms with van der Waals surface area (Å²) in [5.74, 6) is 0. The van der Waals surface area contributed by atoms with E-state index in [1.807, 2.05) is 52.3 Å². The van der Waals surface area contributed by atoms with Gasteiger partial charge in [-0.1, -0.05) is 56.1 Å². The smallest absolute Gasteiger partial charge is 0.269 e. The van der Waals surface area contributed by atoms with Crippen molar-refractivity contribution in [2.24, 2.45) is 7.05 Å². The number of allylic oxidation sites excluding steroid dienone is 5. The summed E-state index contributed by atoms with van der Waals surface area (Å²) in [7, 11) is 5.87. The molecule has 23 heavy (non-hydrogen) atoms. The van der Waals surface area contributed by atoms with Gasteiger partial charge in [-0.3, -0.25) is 0 Å². The molecule has 1 aromatic heterocycles. The number of nitrogens with zero attached hydrogens (tertiary/aromatic N) is 1. The Morgan fingerprint density at radius 3 is 2.39 bits per heavy atom. The van der Waals surface area contributed by atoms with Crippen LogP contribution in [0.5, 0.6) is 0 Å². The van der Waals surface area contributed by atoms with Gasteiger partial charge in [0.05, 0.1) is 5.57 Å². The number of fused-ring (bicyclic) bond motifs is 1. The highest BCUT2D eigenvalue weighted by Crippen LogP contribution is 2.26. The normalized spacial score (nSPS) is 10.8. The van der Waals surface area contributed by atoms with Crippen LogP contribution in [0.1, 0.15) is 31.3 Å². The predicted molar refractivity (Wildman–Crippen MR) is 107 cm³/mol. The van der Waals surface area contributed by atoms with E-state index in [9.17, 15) is 0 Å². The van der Waals surface area contributed by atoms with E-state index in [2.05, 4.69) is 66.9 Å². The number of nitrogens with one attached hydrogen (secondary N) is 1. The Labute approximate surface area is 145 Å². The number of hydrogen-bond acceptors (Lipinski definition) is 2. The molecule has 0 fully saturated rings. The van der Waals surface area contributed by atoms with Crippen LogP contribution in [0.4, 0.5) is 0 Å². The summed E-state index contributed by atoms with van der Waals surface area (Å²) < 4.78 is 3.57. The molecule has 2 nitrogen and oxygen atoms in total. The Balaban J connectivity index is 0.000000868. The molecule has 0 amide bonds. The van der Waals surface area contributed by atoms with Crippen molar-refractivity contribution in [3.05, 3.63) is 59.7 Å². The lowest BCUT2D eigenvalue weighted by Crippen LogP contribution is -2.30. The van der Waals surface area contributed by atoms with E-state index in [-0.39, 0.29) is 0 Å². The summed E-state index contributed by atoms with van der Waals surface area (Å²) in [6.07, 6.45) is 8.08. The predicted octanol–water partition coefficient (Wildman–Crippen LogP) is 5.04. The molecular weight excluding hydrogens is 300 g/mol. The van der Waals surface area contributed by atoms with Crippen molar-refractivity contribution in [2.75, 3.05) is 14.1 Å². The molecule has 0 aliphatic carbocycles. The molecular formula is C20H31N2S+. The summed E-state index contributed by atoms with van der Waals surface area (Å²) in [6.45, 7) is 12.0. The molecule has 1 aromatic carbocycles. The average molecular weight is 332 g/mol. The highest BCUT2D eigenvalue weighted by molar-refractivity contribution is 7.19. The molecule has 0 saturated carbocycles. The van der Waals surface area contributed by atoms with Crippen LogP contribution in [-0.2, 0) is 7.05 Å². The van der Waals surface area contributed by atoms with Crippen molar-refractivity contribution in [2.45, 2.75) is 27.7 Å². The fourth-order valence-corrected chi connectivity index (χ4v) is 3.27. The zero-order valence-electron chi connectivity index (χ0n) is 15.6. The van der Waals surface area contributed by atoms with Gasteiger partial charge in [-0.15, -0.1) is 0 Å². The fraction of sp³-hybridized carbons (Fsp3) is 0.350. The van der Waals surface area contributed by atoms with Gasteiger partial charge in [0.15, 0.2) is 0 Å². The Hall–Kier alpha value is -1.71. The Bertz CT molecular complexity index is 664. The molecule has 0 aliphatic rings. The van der Waals surface area contributed by atoms with Crippen molar-refractivity contribution < 1.29 is 4.57 Å². The van der Waals surface area contributed by atoms with Crippen molar-refractivity contribution in [3.63, 3.8) is 0 Å². The highest BCUT2D eigenvalue weighted by Gasteiger charge is 2.18. The van der Waals surface area contributed by atoms with Gasteiger partial charge in [-0.05, 0) is 45.6 Å². The first-order valence-corrected chi connectivity index (χ1v) is 8.84. The summed E-state index contributed by atoms with van der Waals surface area (Å²) in [6, 6.07) is 6.59. The van der Waals surface area contributed by atoms with Crippen molar-refractivity contribution >= 4 is 27.1 Å². The molecule has 0 aliphatic heterocycles. The number of hydrogen-bond donors (Lipinski definition) is 1. The Kier molecular flexibility index (Phi) is 10.9. The minimum Gasteiger partial charge on any atom is -0.323 e. The molecule has 1 N–H and O–H groups in total. The third-order valence-corrected chi connectivity index (χ3v) is 4.13. The summed E-state index contributed by atoms with van der Waals surface area (Å²) >= 11 is 1.82. The summed E-state index contributed by atoms with van der Waals surface area (Å²) in [5, 5.41) is 4.01. The average Bonchev–Trinajstić information content (AvgIpc) is 2.86. The topological polar surface area (TPSA) is 15.9 Å². The van der Waals surface area contributed by atoms with Crippen LogP contribution < -0.4 is 9.88 Å². The van der Waals surface area contributed by atoms with Gasteiger partial charge in [0, 0.05) is 6.07 Å². The molecule has 1 heterocycles. The van der Waals surface area contributed by atoms with Crippen LogP contribution in [0.25, 0.3) is 15.8 Å². The van der Waals surface area contributed by atoms with Crippen molar-refractivity contribution in [1.82, 2.24) is 5.32 Å². The number of benzene rings is 1. The second-order valence-corrected chi connectivity index (χ2v) is 5.83. The lowest BCUT2D eigenvalue weighted by molar-refractivity contribution is -0.642.